The molecule has 0 bridgehead atoms. The highest BCUT2D eigenvalue weighted by molar-refractivity contribution is 6.21. The Hall–Kier alpha value is -0.760. The average molecular weight is 211 g/mol. The van der Waals surface area contributed by atoms with Crippen LogP contribution in [0.3, 0.4) is 0 Å². The molecule has 0 atom stereocenters. The van der Waals surface area contributed by atoms with Gasteiger partial charge in [-0.2, -0.15) is 0 Å². The Morgan fingerprint density at radius 3 is 2.86 bits per heavy atom. The van der Waals surface area contributed by atoms with Gasteiger partial charge >= 0.3 is 0 Å². The first-order valence-electron chi connectivity index (χ1n) is 5.02. The van der Waals surface area contributed by atoms with E-state index in [1.807, 2.05) is 24.4 Å². The van der Waals surface area contributed by atoms with E-state index in [1.165, 1.54) is 0 Å². The maximum Gasteiger partial charge on any atom is 0.128 e. The minimum absolute atomic E-state index is 0.414. The van der Waals surface area contributed by atoms with E-state index in [0.29, 0.717) is 5.38 Å². The molecule has 3 heteroatoms. The molecule has 2 nitrogen and oxygen atoms in total. The predicted octanol–water partition coefficient (Wildman–Crippen LogP) is 2.54. The summed E-state index contributed by atoms with van der Waals surface area (Å²) in [6.07, 6.45) is 4.13. The zero-order chi connectivity index (χ0) is 9.97. The number of hydrogen-bond donors (Lipinski definition) is 0. The number of pyridine rings is 1. The third-order valence-corrected chi connectivity index (χ3v) is 3.11. The summed E-state index contributed by atoms with van der Waals surface area (Å²) in [5, 5.41) is 0.414. The number of aromatic nitrogens is 1. The Morgan fingerprint density at radius 1 is 1.50 bits per heavy atom. The van der Waals surface area contributed by atoms with Gasteiger partial charge in [0.05, 0.1) is 0 Å². The van der Waals surface area contributed by atoms with Crippen molar-refractivity contribution in [3.63, 3.8) is 0 Å². The highest BCUT2D eigenvalue weighted by Crippen LogP contribution is 2.32. The molecule has 0 aliphatic heterocycles. The zero-order valence-corrected chi connectivity index (χ0v) is 9.11. The summed E-state index contributed by atoms with van der Waals surface area (Å²) in [6, 6.07) is 6.00. The Labute approximate surface area is 89.9 Å². The molecule has 1 aromatic heterocycles. The van der Waals surface area contributed by atoms with E-state index in [0.717, 1.165) is 31.1 Å². The topological polar surface area (TPSA) is 16.1 Å². The Morgan fingerprint density at radius 2 is 2.29 bits per heavy atom. The van der Waals surface area contributed by atoms with Crippen LogP contribution in [0, 0.1) is 5.92 Å². The number of hydrogen-bond acceptors (Lipinski definition) is 2. The highest BCUT2D eigenvalue weighted by Gasteiger charge is 2.28. The lowest BCUT2D eigenvalue weighted by atomic mass is 9.84. The lowest BCUT2D eigenvalue weighted by Gasteiger charge is -2.34. The highest BCUT2D eigenvalue weighted by atomic mass is 35.5. The van der Waals surface area contributed by atoms with Crippen LogP contribution in [0.1, 0.15) is 12.8 Å². The second kappa shape index (κ2) is 4.18. The van der Waals surface area contributed by atoms with Crippen molar-refractivity contribution in [2.75, 3.05) is 18.5 Å². The van der Waals surface area contributed by atoms with Gasteiger partial charge in [-0.3, -0.25) is 0 Å². The van der Waals surface area contributed by atoms with Gasteiger partial charge in [0.1, 0.15) is 5.82 Å². The summed E-state index contributed by atoms with van der Waals surface area (Å²) in [4.78, 5) is 6.50. The molecule has 1 aliphatic rings. The third kappa shape index (κ3) is 2.18. The summed E-state index contributed by atoms with van der Waals surface area (Å²) >= 11 is 5.94. The average Bonchev–Trinajstić information content (AvgIpc) is 2.17. The number of rotatable bonds is 3. The summed E-state index contributed by atoms with van der Waals surface area (Å²) in [5.41, 5.74) is 0. The second-order valence-corrected chi connectivity index (χ2v) is 4.62. The molecule has 1 aliphatic carbocycles. The maximum absolute atomic E-state index is 5.94. The van der Waals surface area contributed by atoms with Gasteiger partial charge in [-0.15, -0.1) is 11.6 Å². The number of halogens is 1. The van der Waals surface area contributed by atoms with E-state index < -0.39 is 0 Å². The molecule has 0 radical (unpaired) electrons. The van der Waals surface area contributed by atoms with Crippen LogP contribution in [-0.4, -0.2) is 24.0 Å². The quantitative estimate of drug-likeness (QED) is 0.713. The number of anilines is 1. The first-order chi connectivity index (χ1) is 6.75. The molecule has 0 unspecified atom stereocenters. The van der Waals surface area contributed by atoms with E-state index in [4.69, 9.17) is 11.6 Å². The van der Waals surface area contributed by atoms with Gasteiger partial charge in [-0.05, 0) is 30.9 Å². The number of alkyl halides is 1. The van der Waals surface area contributed by atoms with Crippen molar-refractivity contribution < 1.29 is 0 Å². The first-order valence-corrected chi connectivity index (χ1v) is 5.45. The first kappa shape index (κ1) is 9.78. The lowest BCUT2D eigenvalue weighted by molar-refractivity contribution is 0.328. The van der Waals surface area contributed by atoms with Gasteiger partial charge in [0.25, 0.3) is 0 Å². The fourth-order valence-electron chi connectivity index (χ4n) is 1.86. The maximum atomic E-state index is 5.94. The molecule has 1 heterocycles. The fraction of sp³-hybridized carbons (Fsp3) is 0.545. The second-order valence-electron chi connectivity index (χ2n) is 4.00. The number of nitrogens with zero attached hydrogens (tertiary/aromatic N) is 2. The molecule has 14 heavy (non-hydrogen) atoms. The summed E-state index contributed by atoms with van der Waals surface area (Å²) < 4.78 is 0. The summed E-state index contributed by atoms with van der Waals surface area (Å²) in [5.74, 6) is 1.80. The smallest absolute Gasteiger partial charge is 0.128 e. The van der Waals surface area contributed by atoms with Crippen molar-refractivity contribution in [3.8, 4) is 0 Å². The molecule has 0 amide bonds. The van der Waals surface area contributed by atoms with Crippen LogP contribution in [-0.2, 0) is 0 Å². The normalized spacial score (nSPS) is 25.6. The molecule has 1 fully saturated rings. The van der Waals surface area contributed by atoms with Crippen molar-refractivity contribution in [1.29, 1.82) is 0 Å². The molecule has 0 spiro atoms. The summed E-state index contributed by atoms with van der Waals surface area (Å²) in [7, 11) is 2.09. The van der Waals surface area contributed by atoms with Gasteiger partial charge in [0.15, 0.2) is 0 Å². The van der Waals surface area contributed by atoms with Crippen LogP contribution >= 0.6 is 11.6 Å². The molecule has 76 valence electrons. The monoisotopic (exact) mass is 210 g/mol. The van der Waals surface area contributed by atoms with Gasteiger partial charge in [-0.25, -0.2) is 4.98 Å². The van der Waals surface area contributed by atoms with Crippen molar-refractivity contribution in [1.82, 2.24) is 4.98 Å². The Kier molecular flexibility index (Phi) is 2.92. The van der Waals surface area contributed by atoms with E-state index in [2.05, 4.69) is 16.9 Å². The molecule has 0 N–H and O–H groups in total. The van der Waals surface area contributed by atoms with Crippen molar-refractivity contribution in [2.45, 2.75) is 18.2 Å². The van der Waals surface area contributed by atoms with E-state index in [9.17, 15) is 0 Å². The SMILES string of the molecule is CN(CC1CC(Cl)C1)c1ccccn1. The predicted molar refractivity (Wildman–Crippen MR) is 59.9 cm³/mol. The largest absolute Gasteiger partial charge is 0.359 e. The molecule has 0 aromatic carbocycles. The standard InChI is InChI=1S/C11H15ClN2/c1-14(8-9-6-10(12)7-9)11-4-2-3-5-13-11/h2-5,9-10H,6-8H2,1H3. The van der Waals surface area contributed by atoms with Crippen molar-refractivity contribution in [3.05, 3.63) is 24.4 Å². The minimum Gasteiger partial charge on any atom is -0.359 e. The van der Waals surface area contributed by atoms with Crippen LogP contribution in [0.2, 0.25) is 0 Å². The van der Waals surface area contributed by atoms with Crippen molar-refractivity contribution >= 4 is 17.4 Å². The van der Waals surface area contributed by atoms with Gasteiger partial charge in [0.2, 0.25) is 0 Å². The van der Waals surface area contributed by atoms with Crippen LogP contribution in [0.4, 0.5) is 5.82 Å². The molecular weight excluding hydrogens is 196 g/mol. The van der Waals surface area contributed by atoms with Crippen LogP contribution < -0.4 is 4.90 Å². The molecule has 1 aromatic rings. The summed E-state index contributed by atoms with van der Waals surface area (Å²) in [6.45, 7) is 1.07. The van der Waals surface area contributed by atoms with E-state index >= 15 is 0 Å². The molecule has 2 rings (SSSR count). The van der Waals surface area contributed by atoms with E-state index in [1.54, 1.807) is 0 Å². The molecule has 0 saturated heterocycles. The van der Waals surface area contributed by atoms with Crippen LogP contribution in [0.25, 0.3) is 0 Å². The molecular formula is C11H15ClN2. The zero-order valence-electron chi connectivity index (χ0n) is 8.36. The minimum atomic E-state index is 0.414. The Balaban J connectivity index is 1.87. The van der Waals surface area contributed by atoms with Gasteiger partial charge in [0, 0.05) is 25.2 Å². The van der Waals surface area contributed by atoms with E-state index in [-0.39, 0.29) is 0 Å². The van der Waals surface area contributed by atoms with Gasteiger partial charge in [-0.1, -0.05) is 6.07 Å². The van der Waals surface area contributed by atoms with Crippen LogP contribution in [0.5, 0.6) is 0 Å². The van der Waals surface area contributed by atoms with Gasteiger partial charge < -0.3 is 4.90 Å². The third-order valence-electron chi connectivity index (χ3n) is 2.75. The fourth-order valence-corrected chi connectivity index (χ4v) is 2.37. The lowest BCUT2D eigenvalue weighted by Crippen LogP contribution is -2.35. The van der Waals surface area contributed by atoms with Crippen molar-refractivity contribution in [2.24, 2.45) is 5.92 Å². The molecule has 1 saturated carbocycles. The Bertz CT molecular complexity index is 283. The van der Waals surface area contributed by atoms with Crippen LogP contribution in [0.15, 0.2) is 24.4 Å².